The first kappa shape index (κ1) is 49.4. The fourth-order valence-electron chi connectivity index (χ4n) is 4.85. The maximum absolute atomic E-state index is 13.2. The summed E-state index contributed by atoms with van der Waals surface area (Å²) in [5.74, 6) is -2.13. The molecule has 3 amide bonds. The Morgan fingerprint density at radius 3 is 1.97 bits per heavy atom. The lowest BCUT2D eigenvalue weighted by Crippen LogP contribution is -2.39. The van der Waals surface area contributed by atoms with Gasteiger partial charge in [-0.05, 0) is 113 Å². The Kier molecular flexibility index (Phi) is 16.3. The van der Waals surface area contributed by atoms with Crippen LogP contribution in [0.25, 0.3) is 11.3 Å². The van der Waals surface area contributed by atoms with Gasteiger partial charge in [0.2, 0.25) is 11.3 Å². The molecule has 336 valence electrons. The predicted octanol–water partition coefficient (Wildman–Crippen LogP) is 5.61. The zero-order valence-electron chi connectivity index (χ0n) is 36.8. The number of aliphatic carboxylic acids is 1. The molecule has 20 nitrogen and oxygen atoms in total. The number of carbonyl (C=O) groups excluding carboxylic acids is 4. The second-order valence-corrected chi connectivity index (χ2v) is 18.4. The molecule has 3 rings (SSSR count). The minimum absolute atomic E-state index is 0.0395. The SMILES string of the molecule is Cn1c(-c2ccc(OC[C@H](O/N=C(\C(=O)O)c3csc(NC(=O)OC(C)(C)C)n3)C(=O)OC(C)(C)C)cc2)cn(CC(O)CNC(=O)OC(C)(C)C)c1=NC(=O)OC(C)(C)C. The van der Waals surface area contributed by atoms with Gasteiger partial charge >= 0.3 is 30.2 Å². The molecule has 0 saturated heterocycles. The van der Waals surface area contributed by atoms with Gasteiger partial charge in [0, 0.05) is 25.2 Å². The van der Waals surface area contributed by atoms with Crippen LogP contribution in [0, 0.1) is 0 Å². The maximum Gasteiger partial charge on any atom is 0.437 e. The summed E-state index contributed by atoms with van der Waals surface area (Å²) in [6.45, 7) is 19.6. The highest BCUT2D eigenvalue weighted by molar-refractivity contribution is 7.14. The molecule has 0 aliphatic heterocycles. The third-order valence-corrected chi connectivity index (χ3v) is 7.88. The van der Waals surface area contributed by atoms with Gasteiger partial charge in [0.1, 0.15) is 40.5 Å². The van der Waals surface area contributed by atoms with Gasteiger partial charge in [-0.1, -0.05) is 5.16 Å². The van der Waals surface area contributed by atoms with Crippen LogP contribution in [0.5, 0.6) is 5.75 Å². The Bertz CT molecular complexity index is 2130. The zero-order chi connectivity index (χ0) is 46.1. The average Bonchev–Trinajstić information content (AvgIpc) is 3.65. The van der Waals surface area contributed by atoms with Gasteiger partial charge in [-0.3, -0.25) is 5.32 Å². The molecule has 4 N–H and O–H groups in total. The molecule has 2 heterocycles. The zero-order valence-corrected chi connectivity index (χ0v) is 37.6. The maximum atomic E-state index is 13.2. The molecule has 0 spiro atoms. The molecule has 2 atom stereocenters. The number of aliphatic hydroxyl groups is 1. The van der Waals surface area contributed by atoms with E-state index in [0.717, 1.165) is 11.3 Å². The second kappa shape index (κ2) is 20.1. The van der Waals surface area contributed by atoms with E-state index >= 15 is 0 Å². The van der Waals surface area contributed by atoms with Crippen LogP contribution in [0.4, 0.5) is 19.5 Å². The van der Waals surface area contributed by atoms with Crippen LogP contribution >= 0.6 is 11.3 Å². The van der Waals surface area contributed by atoms with Crippen LogP contribution in [0.2, 0.25) is 0 Å². The number of aliphatic hydroxyl groups excluding tert-OH is 1. The molecule has 61 heavy (non-hydrogen) atoms. The number of esters is 1. The highest BCUT2D eigenvalue weighted by Gasteiger charge is 2.30. The molecular formula is C40H57N7O13S. The molecule has 21 heteroatoms. The molecule has 1 unspecified atom stereocenters. The van der Waals surface area contributed by atoms with Crippen LogP contribution in [0.3, 0.4) is 0 Å². The van der Waals surface area contributed by atoms with Crippen LogP contribution in [-0.4, -0.2) is 108 Å². The van der Waals surface area contributed by atoms with E-state index in [-0.39, 0.29) is 35.3 Å². The number of imidazole rings is 1. The molecule has 0 aliphatic rings. The predicted molar refractivity (Wildman–Crippen MR) is 223 cm³/mol. The number of thiazole rings is 1. The third-order valence-electron chi connectivity index (χ3n) is 7.12. The summed E-state index contributed by atoms with van der Waals surface area (Å²) in [6.07, 6.45) is -3.32. The number of carboxylic acids is 1. The van der Waals surface area contributed by atoms with Gasteiger partial charge in [-0.2, -0.15) is 0 Å². The standard InChI is InChI=1S/C40H57N7O13S/c1-37(2,3)56-31(51)28(60-45-29(30(49)50)26-22-61-32(42-26)43-35(53)58-39(7,8)9)21-55-25-16-14-23(15-17-25)27-20-47(19-24(48)18-41-34(52)57-38(4,5)6)33(46(27)13)44-36(54)59-40(10,11)12/h14-17,20,22,24,28,48H,18-19,21H2,1-13H3,(H,41,52)(H,49,50)(H,42,43,53)/b44-33?,45-29-/t24?,28-/m0/s1. The van der Waals surface area contributed by atoms with Crippen molar-refractivity contribution < 1.29 is 62.7 Å². The quantitative estimate of drug-likeness (QED) is 0.0665. The van der Waals surface area contributed by atoms with E-state index < -0.39 is 77.1 Å². The molecule has 0 bridgehead atoms. The number of nitrogens with one attached hydrogen (secondary N) is 2. The number of anilines is 1. The Labute approximate surface area is 357 Å². The molecule has 0 radical (unpaired) electrons. The average molecular weight is 876 g/mol. The summed E-state index contributed by atoms with van der Waals surface area (Å²) in [5.41, 5.74) is -2.74. The Balaban J connectivity index is 1.86. The highest BCUT2D eigenvalue weighted by Crippen LogP contribution is 2.23. The number of oxime groups is 1. The number of alkyl carbamates (subject to hydrolysis) is 1. The minimum atomic E-state index is -1.54. The number of amides is 3. The summed E-state index contributed by atoms with van der Waals surface area (Å²) in [6, 6.07) is 6.59. The first-order valence-corrected chi connectivity index (χ1v) is 19.9. The van der Waals surface area contributed by atoms with E-state index in [0.29, 0.717) is 11.3 Å². The summed E-state index contributed by atoms with van der Waals surface area (Å²) in [7, 11) is 1.67. The molecule has 0 saturated carbocycles. The summed E-state index contributed by atoms with van der Waals surface area (Å²) in [4.78, 5) is 76.2. The number of ether oxygens (including phenoxy) is 5. The largest absolute Gasteiger partial charge is 0.489 e. The van der Waals surface area contributed by atoms with Crippen molar-refractivity contribution in [1.82, 2.24) is 19.4 Å². The van der Waals surface area contributed by atoms with Crippen LogP contribution < -0.4 is 21.0 Å². The molecule has 2 aromatic heterocycles. The van der Waals surface area contributed by atoms with Gasteiger partial charge in [0.05, 0.1) is 18.3 Å². The normalized spacial score (nSPS) is 13.7. The van der Waals surface area contributed by atoms with Crippen molar-refractivity contribution in [2.75, 3.05) is 18.5 Å². The third kappa shape index (κ3) is 17.3. The van der Waals surface area contributed by atoms with E-state index in [1.165, 1.54) is 5.38 Å². The summed E-state index contributed by atoms with van der Waals surface area (Å²) < 4.78 is 30.4. The van der Waals surface area contributed by atoms with Gasteiger partial charge in [0.25, 0.3) is 6.10 Å². The lowest BCUT2D eigenvalue weighted by molar-refractivity contribution is -0.170. The van der Waals surface area contributed by atoms with Crippen molar-refractivity contribution in [3.8, 4) is 17.0 Å². The number of aromatic nitrogens is 3. The molecule has 1 aromatic carbocycles. The van der Waals surface area contributed by atoms with E-state index in [1.807, 2.05) is 0 Å². The van der Waals surface area contributed by atoms with Crippen molar-refractivity contribution in [2.45, 2.75) is 124 Å². The summed E-state index contributed by atoms with van der Waals surface area (Å²) in [5, 5.41) is 30.8. The number of carbonyl (C=O) groups is 5. The number of nitrogens with zero attached hydrogens (tertiary/aromatic N) is 5. The fraction of sp³-hybridized carbons (Fsp3) is 0.550. The number of carboxylic acid groups (broad SMARTS) is 1. The van der Waals surface area contributed by atoms with E-state index in [9.17, 15) is 34.2 Å². The van der Waals surface area contributed by atoms with E-state index in [2.05, 4.69) is 25.8 Å². The lowest BCUT2D eigenvalue weighted by atomic mass is 10.1. The first-order valence-electron chi connectivity index (χ1n) is 19.1. The Hall–Kier alpha value is -5.96. The number of benzene rings is 1. The van der Waals surface area contributed by atoms with Crippen molar-refractivity contribution >= 4 is 52.4 Å². The topological polar surface area (TPSA) is 253 Å². The molecule has 0 aliphatic carbocycles. The number of hydrogen-bond acceptors (Lipinski definition) is 15. The Morgan fingerprint density at radius 2 is 1.41 bits per heavy atom. The van der Waals surface area contributed by atoms with Crippen LogP contribution in [0.1, 0.15) is 88.8 Å². The number of rotatable bonds is 14. The molecular weight excluding hydrogens is 819 g/mol. The van der Waals surface area contributed by atoms with Crippen molar-refractivity contribution in [2.24, 2.45) is 17.2 Å². The van der Waals surface area contributed by atoms with Crippen molar-refractivity contribution in [3.63, 3.8) is 0 Å². The van der Waals surface area contributed by atoms with Gasteiger partial charge in [-0.25, -0.2) is 29.0 Å². The second-order valence-electron chi connectivity index (χ2n) is 17.5. The fourth-order valence-corrected chi connectivity index (χ4v) is 5.53. The molecule has 3 aromatic rings. The smallest absolute Gasteiger partial charge is 0.437 e. The van der Waals surface area contributed by atoms with Gasteiger partial charge < -0.3 is 53.2 Å². The minimum Gasteiger partial charge on any atom is -0.489 e. The Morgan fingerprint density at radius 1 is 0.836 bits per heavy atom. The van der Waals surface area contributed by atoms with Crippen molar-refractivity contribution in [3.05, 3.63) is 47.2 Å². The van der Waals surface area contributed by atoms with Crippen LogP contribution in [-0.2, 0) is 47.0 Å². The van der Waals surface area contributed by atoms with Gasteiger partial charge in [-0.15, -0.1) is 16.3 Å². The van der Waals surface area contributed by atoms with E-state index in [4.69, 9.17) is 28.5 Å². The van der Waals surface area contributed by atoms with E-state index in [1.54, 1.807) is 130 Å². The number of hydrogen-bond donors (Lipinski definition) is 4. The highest BCUT2D eigenvalue weighted by atomic mass is 32.1. The van der Waals surface area contributed by atoms with Gasteiger partial charge in [0.15, 0.2) is 5.13 Å². The summed E-state index contributed by atoms with van der Waals surface area (Å²) >= 11 is 0.922. The first-order chi connectivity index (χ1) is 28.0. The monoisotopic (exact) mass is 875 g/mol. The van der Waals surface area contributed by atoms with Crippen LogP contribution in [0.15, 0.2) is 46.0 Å². The van der Waals surface area contributed by atoms with Crippen molar-refractivity contribution in [1.29, 1.82) is 0 Å². The lowest BCUT2D eigenvalue weighted by Gasteiger charge is -2.23. The molecule has 0 fully saturated rings.